The number of alkyl halides is 3. The normalized spacial score (nSPS) is 11.6. The van der Waals surface area contributed by atoms with E-state index in [9.17, 15) is 18.0 Å². The molecule has 0 spiro atoms. The highest BCUT2D eigenvalue weighted by atomic mass is 19.4. The summed E-state index contributed by atoms with van der Waals surface area (Å²) in [4.78, 5) is 15.9. The maximum Gasteiger partial charge on any atom is 0.416 e. The lowest BCUT2D eigenvalue weighted by atomic mass is 10.1. The lowest BCUT2D eigenvalue weighted by Gasteiger charge is -2.07. The number of halogens is 3. The first kappa shape index (κ1) is 21.9. The van der Waals surface area contributed by atoms with Crippen LogP contribution >= 0.6 is 0 Å². The monoisotopic (exact) mass is 433 g/mol. The number of aromatic carboxylic acids is 1. The van der Waals surface area contributed by atoms with Gasteiger partial charge in [0, 0.05) is 12.6 Å². The van der Waals surface area contributed by atoms with Crippen LogP contribution in [0.1, 0.15) is 33.0 Å². The molecule has 0 aliphatic heterocycles. The summed E-state index contributed by atoms with van der Waals surface area (Å²) in [7, 11) is 0. The number of hydrogen-bond donors (Lipinski definition) is 1. The van der Waals surface area contributed by atoms with Crippen molar-refractivity contribution >= 4 is 12.2 Å². The summed E-state index contributed by atoms with van der Waals surface area (Å²) >= 11 is 0. The van der Waals surface area contributed by atoms with E-state index in [2.05, 4.69) is 5.16 Å². The molecule has 0 unspecified atom stereocenters. The Morgan fingerprint density at radius 2 is 1.65 bits per heavy atom. The van der Waals surface area contributed by atoms with E-state index in [-0.39, 0.29) is 19.0 Å². The maximum atomic E-state index is 12.5. The zero-order valence-corrected chi connectivity index (χ0v) is 16.1. The van der Waals surface area contributed by atoms with Gasteiger partial charge in [-0.1, -0.05) is 29.4 Å². The number of carboxylic acid groups (broad SMARTS) is 1. The Morgan fingerprint density at radius 1 is 0.968 bits per heavy atom. The molecule has 6 nitrogen and oxygen atoms in total. The van der Waals surface area contributed by atoms with Gasteiger partial charge in [-0.2, -0.15) is 13.2 Å². The molecule has 3 rings (SSSR count). The SMILES string of the molecule is O=C(O)c1ccc(COc2ccc(CC=NOCc3ccc(C(F)(F)F)cc3)cc2)o1. The largest absolute Gasteiger partial charge is 0.486 e. The molecule has 0 saturated carbocycles. The number of carboxylic acids is 1. The van der Waals surface area contributed by atoms with E-state index >= 15 is 0 Å². The first-order valence-corrected chi connectivity index (χ1v) is 9.15. The van der Waals surface area contributed by atoms with Crippen LogP contribution in [0.3, 0.4) is 0 Å². The minimum Gasteiger partial charge on any atom is -0.486 e. The van der Waals surface area contributed by atoms with E-state index in [0.717, 1.165) is 17.7 Å². The summed E-state index contributed by atoms with van der Waals surface area (Å²) in [5.41, 5.74) is 0.820. The standard InChI is InChI=1S/C22H18F3NO5/c23-22(24,25)17-5-1-16(2-6-17)13-30-26-12-11-15-3-7-18(8-4-15)29-14-19-9-10-20(31-19)21(27)28/h1-10,12H,11,13-14H2,(H,27,28). The van der Waals surface area contributed by atoms with Crippen LogP contribution in [0.15, 0.2) is 70.2 Å². The Kier molecular flexibility index (Phi) is 6.96. The quantitative estimate of drug-likeness (QED) is 0.365. The smallest absolute Gasteiger partial charge is 0.416 e. The van der Waals surface area contributed by atoms with Gasteiger partial charge in [0.15, 0.2) is 0 Å². The molecule has 1 aromatic heterocycles. The first-order chi connectivity index (χ1) is 14.8. The Bertz CT molecular complexity index is 1020. The zero-order chi connectivity index (χ0) is 22.3. The molecule has 1 heterocycles. The van der Waals surface area contributed by atoms with Crippen molar-refractivity contribution in [2.75, 3.05) is 0 Å². The molecule has 0 atom stereocenters. The van der Waals surface area contributed by atoms with Crippen molar-refractivity contribution in [2.45, 2.75) is 25.8 Å². The van der Waals surface area contributed by atoms with Gasteiger partial charge in [-0.25, -0.2) is 4.79 Å². The van der Waals surface area contributed by atoms with Crippen molar-refractivity contribution in [3.05, 3.63) is 88.9 Å². The van der Waals surface area contributed by atoms with Gasteiger partial charge in [-0.15, -0.1) is 0 Å². The van der Waals surface area contributed by atoms with Crippen molar-refractivity contribution in [3.63, 3.8) is 0 Å². The van der Waals surface area contributed by atoms with Gasteiger partial charge in [0.2, 0.25) is 5.76 Å². The second kappa shape index (κ2) is 9.84. The predicted molar refractivity (Wildman–Crippen MR) is 105 cm³/mol. The average molecular weight is 433 g/mol. The van der Waals surface area contributed by atoms with Crippen LogP contribution < -0.4 is 4.74 Å². The molecule has 2 aromatic carbocycles. The Labute approximate surface area is 175 Å². The molecule has 1 N–H and O–H groups in total. The topological polar surface area (TPSA) is 81.3 Å². The molecular weight excluding hydrogens is 415 g/mol. The second-order valence-electron chi connectivity index (χ2n) is 6.46. The number of oxime groups is 1. The van der Waals surface area contributed by atoms with E-state index in [1.165, 1.54) is 18.2 Å². The minimum atomic E-state index is -4.36. The van der Waals surface area contributed by atoms with Crippen molar-refractivity contribution in [1.82, 2.24) is 0 Å². The van der Waals surface area contributed by atoms with Gasteiger partial charge in [-0.05, 0) is 47.5 Å². The highest BCUT2D eigenvalue weighted by Gasteiger charge is 2.29. The van der Waals surface area contributed by atoms with Gasteiger partial charge in [0.25, 0.3) is 0 Å². The molecule has 0 bridgehead atoms. The molecule has 162 valence electrons. The Morgan fingerprint density at radius 3 is 2.26 bits per heavy atom. The molecule has 0 aliphatic rings. The molecule has 9 heteroatoms. The summed E-state index contributed by atoms with van der Waals surface area (Å²) in [6.07, 6.45) is -2.32. The summed E-state index contributed by atoms with van der Waals surface area (Å²) in [6, 6.07) is 14.8. The van der Waals surface area contributed by atoms with Crippen LogP contribution in [0.2, 0.25) is 0 Å². The van der Waals surface area contributed by atoms with Crippen LogP contribution in [0.25, 0.3) is 0 Å². The van der Waals surface area contributed by atoms with Crippen molar-refractivity contribution in [3.8, 4) is 5.75 Å². The molecular formula is C22H18F3NO5. The summed E-state index contributed by atoms with van der Waals surface area (Å²) in [6.45, 7) is 0.170. The van der Waals surface area contributed by atoms with Gasteiger partial charge in [0.1, 0.15) is 24.7 Å². The molecule has 31 heavy (non-hydrogen) atoms. The van der Waals surface area contributed by atoms with Crippen LogP contribution in [-0.4, -0.2) is 17.3 Å². The van der Waals surface area contributed by atoms with Crippen molar-refractivity contribution in [2.24, 2.45) is 5.16 Å². The number of furan rings is 1. The minimum absolute atomic E-state index is 0.0672. The summed E-state index contributed by atoms with van der Waals surface area (Å²) in [5, 5.41) is 12.6. The van der Waals surface area contributed by atoms with Crippen LogP contribution in [0.5, 0.6) is 5.75 Å². The van der Waals surface area contributed by atoms with Gasteiger partial charge >= 0.3 is 12.1 Å². The molecule has 0 fully saturated rings. The third kappa shape index (κ3) is 6.63. The molecule has 0 saturated heterocycles. The number of ether oxygens (including phenoxy) is 1. The Hall–Kier alpha value is -3.75. The number of nitrogens with zero attached hydrogens (tertiary/aromatic N) is 1. The number of rotatable bonds is 9. The maximum absolute atomic E-state index is 12.5. The van der Waals surface area contributed by atoms with Crippen LogP contribution in [0.4, 0.5) is 13.2 Å². The average Bonchev–Trinajstić information content (AvgIpc) is 3.22. The predicted octanol–water partition coefficient (Wildman–Crippen LogP) is 5.32. The molecule has 3 aromatic rings. The van der Waals surface area contributed by atoms with E-state index in [1.54, 1.807) is 24.4 Å². The van der Waals surface area contributed by atoms with Crippen molar-refractivity contribution < 1.29 is 37.1 Å². The Balaban J connectivity index is 1.40. The molecule has 0 amide bonds. The van der Waals surface area contributed by atoms with E-state index in [1.807, 2.05) is 12.1 Å². The van der Waals surface area contributed by atoms with Gasteiger partial charge < -0.3 is 19.1 Å². The molecule has 0 aliphatic carbocycles. The third-order valence-corrected chi connectivity index (χ3v) is 4.17. The fourth-order valence-electron chi connectivity index (χ4n) is 2.54. The van der Waals surface area contributed by atoms with E-state index in [4.69, 9.17) is 19.1 Å². The number of carbonyl (C=O) groups is 1. The number of hydrogen-bond acceptors (Lipinski definition) is 5. The summed E-state index contributed by atoms with van der Waals surface area (Å²) in [5.74, 6) is -0.291. The second-order valence-corrected chi connectivity index (χ2v) is 6.46. The lowest BCUT2D eigenvalue weighted by molar-refractivity contribution is -0.137. The third-order valence-electron chi connectivity index (χ3n) is 4.17. The van der Waals surface area contributed by atoms with E-state index in [0.29, 0.717) is 23.5 Å². The highest BCUT2D eigenvalue weighted by molar-refractivity contribution is 5.84. The zero-order valence-electron chi connectivity index (χ0n) is 16.1. The highest BCUT2D eigenvalue weighted by Crippen LogP contribution is 2.29. The lowest BCUT2D eigenvalue weighted by Crippen LogP contribution is -2.04. The molecule has 0 radical (unpaired) electrons. The fourth-order valence-corrected chi connectivity index (χ4v) is 2.54. The van der Waals surface area contributed by atoms with E-state index < -0.39 is 17.7 Å². The van der Waals surface area contributed by atoms with Crippen LogP contribution in [-0.2, 0) is 30.6 Å². The van der Waals surface area contributed by atoms with Gasteiger partial charge in [0.05, 0.1) is 5.56 Å². The van der Waals surface area contributed by atoms with Crippen molar-refractivity contribution in [1.29, 1.82) is 0 Å². The van der Waals surface area contributed by atoms with Crippen LogP contribution in [0, 0.1) is 0 Å². The van der Waals surface area contributed by atoms with Gasteiger partial charge in [-0.3, -0.25) is 0 Å². The fraction of sp³-hybridized carbons (Fsp3) is 0.182. The summed E-state index contributed by atoms with van der Waals surface area (Å²) < 4.78 is 48.2. The first-order valence-electron chi connectivity index (χ1n) is 9.15. The number of benzene rings is 2.